The predicted octanol–water partition coefficient (Wildman–Crippen LogP) is 1.98. The van der Waals surface area contributed by atoms with Gasteiger partial charge in [-0.05, 0) is 30.4 Å². The molecule has 1 aromatic carbocycles. The third-order valence-corrected chi connectivity index (χ3v) is 2.69. The lowest BCUT2D eigenvalue weighted by Gasteiger charge is -2.13. The highest BCUT2D eigenvalue weighted by Gasteiger charge is 2.21. The van der Waals surface area contributed by atoms with E-state index in [1.165, 1.54) is 6.07 Å². The van der Waals surface area contributed by atoms with Gasteiger partial charge in [0.1, 0.15) is 11.9 Å². The number of carbonyl (C=O) groups is 2. The van der Waals surface area contributed by atoms with Crippen molar-refractivity contribution in [3.63, 3.8) is 0 Å². The first-order chi connectivity index (χ1) is 8.45. The smallest absolute Gasteiger partial charge is 0.326 e. The van der Waals surface area contributed by atoms with Crippen LogP contribution in [0.1, 0.15) is 16.8 Å². The summed E-state index contributed by atoms with van der Waals surface area (Å²) < 4.78 is 13.4. The molecule has 0 bridgehead atoms. The van der Waals surface area contributed by atoms with Gasteiger partial charge < -0.3 is 10.4 Å². The number of aliphatic carboxylic acids is 1. The molecule has 0 saturated heterocycles. The Morgan fingerprint density at radius 1 is 1.50 bits per heavy atom. The Hall–Kier alpha value is -1.27. The molecule has 1 atom stereocenters. The van der Waals surface area contributed by atoms with Gasteiger partial charge in [-0.2, -0.15) is 12.6 Å². The first-order valence-electron chi connectivity index (χ1n) is 5.05. The molecular formula is C11H11ClFNO3S. The molecule has 0 spiro atoms. The fourth-order valence-electron chi connectivity index (χ4n) is 1.29. The van der Waals surface area contributed by atoms with Crippen LogP contribution < -0.4 is 5.32 Å². The molecule has 0 radical (unpaired) electrons. The lowest BCUT2D eigenvalue weighted by Crippen LogP contribution is -2.41. The molecule has 1 rings (SSSR count). The number of thiol groups is 1. The van der Waals surface area contributed by atoms with Crippen molar-refractivity contribution in [2.75, 3.05) is 5.75 Å². The second kappa shape index (κ2) is 6.61. The van der Waals surface area contributed by atoms with Crippen LogP contribution in [0.15, 0.2) is 18.2 Å². The van der Waals surface area contributed by atoms with Crippen LogP contribution in [0.4, 0.5) is 4.39 Å². The zero-order valence-electron chi connectivity index (χ0n) is 9.19. The van der Waals surface area contributed by atoms with Gasteiger partial charge in [-0.1, -0.05) is 11.6 Å². The van der Waals surface area contributed by atoms with Crippen LogP contribution in [0.5, 0.6) is 0 Å². The Labute approximate surface area is 114 Å². The summed E-state index contributed by atoms with van der Waals surface area (Å²) in [5, 5.41) is 11.3. The number of carboxylic acid groups (broad SMARTS) is 1. The predicted molar refractivity (Wildman–Crippen MR) is 68.8 cm³/mol. The van der Waals surface area contributed by atoms with E-state index in [4.69, 9.17) is 16.7 Å². The van der Waals surface area contributed by atoms with E-state index in [1.807, 2.05) is 0 Å². The van der Waals surface area contributed by atoms with Crippen molar-refractivity contribution in [2.45, 2.75) is 12.5 Å². The Kier molecular flexibility index (Phi) is 5.43. The lowest BCUT2D eigenvalue weighted by molar-refractivity contribution is -0.139. The third kappa shape index (κ3) is 3.89. The van der Waals surface area contributed by atoms with Gasteiger partial charge in [0.15, 0.2) is 0 Å². The van der Waals surface area contributed by atoms with Crippen LogP contribution in [0.25, 0.3) is 0 Å². The minimum Gasteiger partial charge on any atom is -0.480 e. The number of rotatable bonds is 5. The van der Waals surface area contributed by atoms with Crippen molar-refractivity contribution >= 4 is 36.1 Å². The van der Waals surface area contributed by atoms with Crippen molar-refractivity contribution in [1.82, 2.24) is 5.32 Å². The summed E-state index contributed by atoms with van der Waals surface area (Å²) >= 11 is 9.54. The number of nitrogens with one attached hydrogen (secondary N) is 1. The Bertz CT molecular complexity index is 470. The van der Waals surface area contributed by atoms with E-state index in [9.17, 15) is 14.0 Å². The molecule has 0 aromatic heterocycles. The van der Waals surface area contributed by atoms with E-state index in [1.54, 1.807) is 0 Å². The maximum atomic E-state index is 13.4. The van der Waals surface area contributed by atoms with Crippen molar-refractivity contribution < 1.29 is 19.1 Å². The van der Waals surface area contributed by atoms with E-state index in [0.717, 1.165) is 12.1 Å². The molecule has 0 aliphatic carbocycles. The van der Waals surface area contributed by atoms with Crippen molar-refractivity contribution in [1.29, 1.82) is 0 Å². The molecule has 18 heavy (non-hydrogen) atoms. The van der Waals surface area contributed by atoms with E-state index >= 15 is 0 Å². The van der Waals surface area contributed by atoms with Crippen LogP contribution in [-0.4, -0.2) is 28.8 Å². The van der Waals surface area contributed by atoms with Gasteiger partial charge in [-0.25, -0.2) is 9.18 Å². The van der Waals surface area contributed by atoms with Crippen LogP contribution in [0.3, 0.4) is 0 Å². The monoisotopic (exact) mass is 291 g/mol. The minimum atomic E-state index is -1.19. The lowest BCUT2D eigenvalue weighted by atomic mass is 10.1. The summed E-state index contributed by atoms with van der Waals surface area (Å²) in [5.74, 6) is -2.48. The minimum absolute atomic E-state index is 0.145. The fraction of sp³-hybridized carbons (Fsp3) is 0.273. The molecule has 1 unspecified atom stereocenters. The Balaban J connectivity index is 2.86. The van der Waals surface area contributed by atoms with Crippen LogP contribution >= 0.6 is 24.2 Å². The van der Waals surface area contributed by atoms with Gasteiger partial charge >= 0.3 is 5.97 Å². The van der Waals surface area contributed by atoms with E-state index in [-0.39, 0.29) is 22.8 Å². The van der Waals surface area contributed by atoms with Crippen LogP contribution in [-0.2, 0) is 4.79 Å². The standard InChI is InChI=1S/C11H11ClFNO3S/c12-6-1-2-8(13)7(5-6)10(15)14-9(3-4-18)11(16)17/h1-2,5,9,18H,3-4H2,(H,14,15)(H,16,17). The SMILES string of the molecule is O=C(NC(CCS)C(=O)O)c1cc(Cl)ccc1F. The summed E-state index contributed by atoms with van der Waals surface area (Å²) in [5.41, 5.74) is -0.284. The van der Waals surface area contributed by atoms with Crippen molar-refractivity contribution in [3.8, 4) is 0 Å². The first kappa shape index (κ1) is 14.8. The fourth-order valence-corrected chi connectivity index (χ4v) is 1.72. The Morgan fingerprint density at radius 3 is 2.72 bits per heavy atom. The van der Waals surface area contributed by atoms with E-state index in [0.29, 0.717) is 0 Å². The maximum Gasteiger partial charge on any atom is 0.326 e. The third-order valence-electron chi connectivity index (χ3n) is 2.19. The van der Waals surface area contributed by atoms with Gasteiger partial charge in [-0.15, -0.1) is 0 Å². The summed E-state index contributed by atoms with van der Waals surface area (Å²) in [4.78, 5) is 22.5. The number of benzene rings is 1. The van der Waals surface area contributed by atoms with Crippen molar-refractivity contribution in [2.24, 2.45) is 0 Å². The van der Waals surface area contributed by atoms with Crippen molar-refractivity contribution in [3.05, 3.63) is 34.6 Å². The molecule has 1 aromatic rings. The second-order valence-electron chi connectivity index (χ2n) is 3.50. The summed E-state index contributed by atoms with van der Waals surface area (Å²) in [6.45, 7) is 0. The average Bonchev–Trinajstić information content (AvgIpc) is 2.31. The number of carboxylic acids is 1. The number of halogens is 2. The molecule has 0 fully saturated rings. The highest BCUT2D eigenvalue weighted by atomic mass is 35.5. The summed E-state index contributed by atoms with van der Waals surface area (Å²) in [6, 6.07) is 2.39. The van der Waals surface area contributed by atoms with Crippen LogP contribution in [0.2, 0.25) is 5.02 Å². The molecular weight excluding hydrogens is 281 g/mol. The van der Waals surface area contributed by atoms with Gasteiger partial charge in [0.2, 0.25) is 0 Å². The topological polar surface area (TPSA) is 66.4 Å². The molecule has 0 aliphatic rings. The highest BCUT2D eigenvalue weighted by Crippen LogP contribution is 2.15. The number of hydrogen-bond acceptors (Lipinski definition) is 3. The summed E-state index contributed by atoms with van der Waals surface area (Å²) in [6.07, 6.45) is 0.145. The first-order valence-corrected chi connectivity index (χ1v) is 6.06. The molecule has 7 heteroatoms. The van der Waals surface area contributed by atoms with E-state index in [2.05, 4.69) is 17.9 Å². The second-order valence-corrected chi connectivity index (χ2v) is 4.38. The number of amides is 1. The maximum absolute atomic E-state index is 13.4. The zero-order valence-corrected chi connectivity index (χ0v) is 10.8. The Morgan fingerprint density at radius 2 is 2.17 bits per heavy atom. The quantitative estimate of drug-likeness (QED) is 0.727. The van der Waals surface area contributed by atoms with Gasteiger partial charge in [0.05, 0.1) is 5.56 Å². The van der Waals surface area contributed by atoms with Gasteiger partial charge in [0.25, 0.3) is 5.91 Å². The number of hydrogen-bond donors (Lipinski definition) is 3. The largest absolute Gasteiger partial charge is 0.480 e. The molecule has 4 nitrogen and oxygen atoms in total. The molecule has 98 valence electrons. The summed E-state index contributed by atoms with van der Waals surface area (Å²) in [7, 11) is 0. The molecule has 0 aliphatic heterocycles. The van der Waals surface area contributed by atoms with Gasteiger partial charge in [-0.3, -0.25) is 4.79 Å². The number of carbonyl (C=O) groups excluding carboxylic acids is 1. The van der Waals surface area contributed by atoms with Gasteiger partial charge in [0, 0.05) is 5.02 Å². The van der Waals surface area contributed by atoms with E-state index < -0.39 is 23.7 Å². The molecule has 0 saturated carbocycles. The average molecular weight is 292 g/mol. The molecule has 1 amide bonds. The highest BCUT2D eigenvalue weighted by molar-refractivity contribution is 7.80. The molecule has 0 heterocycles. The van der Waals surface area contributed by atoms with Crippen LogP contribution in [0, 0.1) is 5.82 Å². The normalized spacial score (nSPS) is 11.9. The zero-order chi connectivity index (χ0) is 13.7. The molecule has 2 N–H and O–H groups in total.